The van der Waals surface area contributed by atoms with Crippen molar-refractivity contribution < 1.29 is 19.4 Å². The van der Waals surface area contributed by atoms with Gasteiger partial charge in [0.15, 0.2) is 5.78 Å². The van der Waals surface area contributed by atoms with E-state index in [0.29, 0.717) is 23.3 Å². The molecular formula is C19H21NO4. The first-order valence-electron chi connectivity index (χ1n) is 8.23. The molecular weight excluding hydrogens is 306 g/mol. The van der Waals surface area contributed by atoms with Gasteiger partial charge in [0.05, 0.1) is 12.2 Å². The number of Topliss-reactive ketones (excluding diaryl/α,β-unsaturated/α-hetero) is 1. The molecule has 0 spiro atoms. The summed E-state index contributed by atoms with van der Waals surface area (Å²) in [7, 11) is 0. The van der Waals surface area contributed by atoms with E-state index in [1.54, 1.807) is 25.1 Å². The van der Waals surface area contributed by atoms with Gasteiger partial charge in [0.25, 0.3) is 0 Å². The molecule has 5 nitrogen and oxygen atoms in total. The smallest absolute Gasteiger partial charge is 0.336 e. The number of phenols is 1. The van der Waals surface area contributed by atoms with Crippen molar-refractivity contribution in [3.63, 3.8) is 0 Å². The summed E-state index contributed by atoms with van der Waals surface area (Å²) in [6.45, 7) is 3.84. The highest BCUT2D eigenvalue weighted by Gasteiger charge is 2.39. The largest absolute Gasteiger partial charge is 0.508 e. The molecule has 0 bridgehead atoms. The Morgan fingerprint density at radius 2 is 2.17 bits per heavy atom. The lowest BCUT2D eigenvalue weighted by molar-refractivity contribution is -0.138. The minimum absolute atomic E-state index is 0.0476. The van der Waals surface area contributed by atoms with Crippen LogP contribution in [0.3, 0.4) is 0 Å². The Kier molecular flexibility index (Phi) is 4.42. The molecule has 2 aliphatic rings. The number of carbonyl (C=O) groups excluding carboxylic acids is 2. The second kappa shape index (κ2) is 6.51. The zero-order chi connectivity index (χ0) is 17.3. The maximum atomic E-state index is 12.6. The standard InChI is InChI=1S/C19H21NO4/c1-3-24-19(23)16-11(2)20-14-8-5-9-15(22)18(14)17(16)12-6-4-7-13(21)10-12/h4,6-7,10,17,20-21H,3,5,8-9H2,1-2H3. The quantitative estimate of drug-likeness (QED) is 0.835. The van der Waals surface area contributed by atoms with E-state index in [2.05, 4.69) is 5.32 Å². The molecule has 5 heteroatoms. The summed E-state index contributed by atoms with van der Waals surface area (Å²) in [6.07, 6.45) is 2.06. The monoisotopic (exact) mass is 327 g/mol. The average Bonchev–Trinajstić information content (AvgIpc) is 2.54. The van der Waals surface area contributed by atoms with Gasteiger partial charge in [-0.25, -0.2) is 4.79 Å². The Morgan fingerprint density at radius 1 is 1.38 bits per heavy atom. The third-order valence-electron chi connectivity index (χ3n) is 4.47. The molecule has 126 valence electrons. The summed E-state index contributed by atoms with van der Waals surface area (Å²) in [6, 6.07) is 6.73. The second-order valence-electron chi connectivity index (χ2n) is 6.08. The molecule has 0 fully saturated rings. The molecule has 1 heterocycles. The number of phenolic OH excluding ortho intramolecular Hbond substituents is 1. The van der Waals surface area contributed by atoms with Gasteiger partial charge < -0.3 is 15.2 Å². The summed E-state index contributed by atoms with van der Waals surface area (Å²) < 4.78 is 5.22. The zero-order valence-corrected chi connectivity index (χ0v) is 13.9. The van der Waals surface area contributed by atoms with E-state index in [4.69, 9.17) is 4.74 Å². The maximum absolute atomic E-state index is 12.6. The van der Waals surface area contributed by atoms with Crippen molar-refractivity contribution >= 4 is 11.8 Å². The Bertz CT molecular complexity index is 760. The van der Waals surface area contributed by atoms with E-state index in [1.807, 2.05) is 13.0 Å². The molecule has 1 aliphatic carbocycles. The van der Waals surface area contributed by atoms with Crippen LogP contribution in [0.15, 0.2) is 46.8 Å². The van der Waals surface area contributed by atoms with Crippen LogP contribution in [0, 0.1) is 0 Å². The van der Waals surface area contributed by atoms with Crippen LogP contribution < -0.4 is 5.32 Å². The van der Waals surface area contributed by atoms with E-state index in [-0.39, 0.29) is 18.1 Å². The van der Waals surface area contributed by atoms with E-state index >= 15 is 0 Å². The highest BCUT2D eigenvalue weighted by Crippen LogP contribution is 2.42. The highest BCUT2D eigenvalue weighted by molar-refractivity contribution is 6.03. The van der Waals surface area contributed by atoms with E-state index in [0.717, 1.165) is 24.1 Å². The minimum Gasteiger partial charge on any atom is -0.508 e. The fraction of sp³-hybridized carbons (Fsp3) is 0.368. The topological polar surface area (TPSA) is 75.6 Å². The predicted octanol–water partition coefficient (Wildman–Crippen LogP) is 2.92. The molecule has 1 aromatic rings. The number of nitrogens with one attached hydrogen (secondary N) is 1. The van der Waals surface area contributed by atoms with Gasteiger partial charge in [0.1, 0.15) is 5.75 Å². The first-order valence-corrected chi connectivity index (χ1v) is 8.23. The molecule has 3 rings (SSSR count). The van der Waals surface area contributed by atoms with Gasteiger partial charge in [-0.05, 0) is 44.4 Å². The summed E-state index contributed by atoms with van der Waals surface area (Å²) in [4.78, 5) is 25.1. The summed E-state index contributed by atoms with van der Waals surface area (Å²) >= 11 is 0. The second-order valence-corrected chi connectivity index (χ2v) is 6.08. The zero-order valence-electron chi connectivity index (χ0n) is 13.9. The van der Waals surface area contributed by atoms with Gasteiger partial charge in [0, 0.05) is 29.3 Å². The highest BCUT2D eigenvalue weighted by atomic mass is 16.5. The van der Waals surface area contributed by atoms with E-state index in [9.17, 15) is 14.7 Å². The Balaban J connectivity index is 2.17. The number of dihydropyridines is 1. The number of esters is 1. The number of ether oxygens (including phenoxy) is 1. The molecule has 0 radical (unpaired) electrons. The third kappa shape index (κ3) is 2.82. The number of carbonyl (C=O) groups is 2. The van der Waals surface area contributed by atoms with Crippen molar-refractivity contribution in [1.29, 1.82) is 0 Å². The van der Waals surface area contributed by atoms with Gasteiger partial charge in [0.2, 0.25) is 0 Å². The van der Waals surface area contributed by atoms with Crippen molar-refractivity contribution in [2.75, 3.05) is 6.61 Å². The fourth-order valence-electron chi connectivity index (χ4n) is 3.50. The van der Waals surface area contributed by atoms with Gasteiger partial charge in [-0.2, -0.15) is 0 Å². The predicted molar refractivity (Wildman–Crippen MR) is 89.2 cm³/mol. The SMILES string of the molecule is CCOC(=O)C1=C(C)NC2=C(C(=O)CCC2)C1c1cccc(O)c1. The van der Waals surface area contributed by atoms with Crippen LogP contribution in [0.1, 0.15) is 44.6 Å². The Hall–Kier alpha value is -2.56. The van der Waals surface area contributed by atoms with Crippen molar-refractivity contribution in [1.82, 2.24) is 5.32 Å². The van der Waals surface area contributed by atoms with Crippen LogP contribution in [0.2, 0.25) is 0 Å². The van der Waals surface area contributed by atoms with E-state index in [1.165, 1.54) is 0 Å². The van der Waals surface area contributed by atoms with Crippen LogP contribution in [0.4, 0.5) is 0 Å². The van der Waals surface area contributed by atoms with Crippen molar-refractivity contribution in [2.24, 2.45) is 0 Å². The van der Waals surface area contributed by atoms with Gasteiger partial charge in [-0.15, -0.1) is 0 Å². The molecule has 1 aromatic carbocycles. The van der Waals surface area contributed by atoms with Crippen LogP contribution in [-0.4, -0.2) is 23.5 Å². The van der Waals surface area contributed by atoms with Crippen LogP contribution >= 0.6 is 0 Å². The Labute approximate surface area is 141 Å². The lowest BCUT2D eigenvalue weighted by atomic mass is 9.75. The van der Waals surface area contributed by atoms with Crippen molar-refractivity contribution in [3.05, 3.63) is 52.4 Å². The van der Waals surface area contributed by atoms with Crippen molar-refractivity contribution in [2.45, 2.75) is 39.0 Å². The molecule has 24 heavy (non-hydrogen) atoms. The number of benzene rings is 1. The molecule has 1 aliphatic heterocycles. The first kappa shape index (κ1) is 16.3. The number of hydrogen-bond donors (Lipinski definition) is 2. The number of allylic oxidation sites excluding steroid dienone is 3. The number of rotatable bonds is 3. The molecule has 1 unspecified atom stereocenters. The van der Waals surface area contributed by atoms with Gasteiger partial charge in [-0.1, -0.05) is 12.1 Å². The first-order chi connectivity index (χ1) is 11.5. The maximum Gasteiger partial charge on any atom is 0.336 e. The molecule has 0 saturated heterocycles. The lowest BCUT2D eigenvalue weighted by Crippen LogP contribution is -2.34. The molecule has 1 atom stereocenters. The molecule has 2 N–H and O–H groups in total. The molecule has 0 saturated carbocycles. The molecule has 0 amide bonds. The van der Waals surface area contributed by atoms with Gasteiger partial charge in [-0.3, -0.25) is 4.79 Å². The third-order valence-corrected chi connectivity index (χ3v) is 4.47. The van der Waals surface area contributed by atoms with Crippen LogP contribution in [0.5, 0.6) is 5.75 Å². The lowest BCUT2D eigenvalue weighted by Gasteiger charge is -2.34. The van der Waals surface area contributed by atoms with Gasteiger partial charge >= 0.3 is 5.97 Å². The van der Waals surface area contributed by atoms with E-state index < -0.39 is 11.9 Å². The summed E-state index contributed by atoms with van der Waals surface area (Å²) in [5.41, 5.74) is 3.37. The normalized spacial score (nSPS) is 20.6. The van der Waals surface area contributed by atoms with Crippen molar-refractivity contribution in [3.8, 4) is 5.75 Å². The minimum atomic E-state index is -0.500. The number of aromatic hydroxyl groups is 1. The van der Waals surface area contributed by atoms with Crippen LogP contribution in [-0.2, 0) is 14.3 Å². The fourth-order valence-corrected chi connectivity index (χ4v) is 3.50. The van der Waals surface area contributed by atoms with Crippen LogP contribution in [0.25, 0.3) is 0 Å². The molecule has 0 aromatic heterocycles. The number of hydrogen-bond acceptors (Lipinski definition) is 5. The Morgan fingerprint density at radius 3 is 2.88 bits per heavy atom. The average molecular weight is 327 g/mol. The summed E-state index contributed by atoms with van der Waals surface area (Å²) in [5.74, 6) is -0.773. The number of ketones is 1. The summed E-state index contributed by atoms with van der Waals surface area (Å²) in [5, 5.41) is 13.1.